The third-order valence-electron chi connectivity index (χ3n) is 3.97. The van der Waals surface area contributed by atoms with Crippen LogP contribution < -0.4 is 0 Å². The molecule has 23 heavy (non-hydrogen) atoms. The first-order valence-electron chi connectivity index (χ1n) is 7.66. The van der Waals surface area contributed by atoms with Crippen LogP contribution in [-0.4, -0.2) is 15.6 Å². The summed E-state index contributed by atoms with van der Waals surface area (Å²) in [6.45, 7) is 0.666. The van der Waals surface area contributed by atoms with Gasteiger partial charge in [0.05, 0.1) is 0 Å². The molecule has 2 aromatic carbocycles. The number of rotatable bonds is 6. The monoisotopic (exact) mass is 311 g/mol. The molecule has 0 atom stereocenters. The molecular formula is C19H18FNO2. The zero-order valence-electron chi connectivity index (χ0n) is 12.7. The van der Waals surface area contributed by atoms with Crippen molar-refractivity contribution in [2.24, 2.45) is 0 Å². The van der Waals surface area contributed by atoms with Crippen molar-refractivity contribution in [1.82, 2.24) is 4.57 Å². The summed E-state index contributed by atoms with van der Waals surface area (Å²) in [5.41, 5.74) is 3.30. The number of carbonyl (C=O) groups is 1. The van der Waals surface area contributed by atoms with Crippen molar-refractivity contribution in [3.8, 4) is 0 Å². The molecule has 0 aliphatic carbocycles. The van der Waals surface area contributed by atoms with Gasteiger partial charge in [0.25, 0.3) is 0 Å². The molecular weight excluding hydrogens is 293 g/mol. The first kappa shape index (κ1) is 15.3. The topological polar surface area (TPSA) is 42.2 Å². The summed E-state index contributed by atoms with van der Waals surface area (Å²) < 4.78 is 15.2. The normalized spacial score (nSPS) is 11.0. The Labute approximate surface area is 134 Å². The van der Waals surface area contributed by atoms with E-state index >= 15 is 0 Å². The number of hydrogen-bond acceptors (Lipinski definition) is 1. The molecule has 0 saturated carbocycles. The second kappa shape index (κ2) is 6.65. The second-order valence-corrected chi connectivity index (χ2v) is 5.67. The van der Waals surface area contributed by atoms with Gasteiger partial charge >= 0.3 is 5.97 Å². The van der Waals surface area contributed by atoms with Crippen molar-refractivity contribution in [1.29, 1.82) is 0 Å². The first-order valence-corrected chi connectivity index (χ1v) is 7.66. The molecule has 0 spiro atoms. The predicted molar refractivity (Wildman–Crippen MR) is 88.0 cm³/mol. The van der Waals surface area contributed by atoms with E-state index in [1.165, 1.54) is 12.1 Å². The van der Waals surface area contributed by atoms with Gasteiger partial charge in [0.2, 0.25) is 0 Å². The lowest BCUT2D eigenvalue weighted by atomic mass is 10.1. The van der Waals surface area contributed by atoms with Gasteiger partial charge in [-0.1, -0.05) is 30.3 Å². The maximum atomic E-state index is 13.0. The summed E-state index contributed by atoms with van der Waals surface area (Å²) in [4.78, 5) is 10.7. The van der Waals surface area contributed by atoms with Crippen molar-refractivity contribution >= 4 is 16.9 Å². The van der Waals surface area contributed by atoms with Crippen LogP contribution in [0.1, 0.15) is 24.0 Å². The van der Waals surface area contributed by atoms with Gasteiger partial charge in [-0.3, -0.25) is 4.79 Å². The molecule has 0 amide bonds. The number of aromatic nitrogens is 1. The van der Waals surface area contributed by atoms with Gasteiger partial charge in [0, 0.05) is 30.1 Å². The Kier molecular flexibility index (Phi) is 4.42. The van der Waals surface area contributed by atoms with Gasteiger partial charge in [-0.15, -0.1) is 0 Å². The lowest BCUT2D eigenvalue weighted by molar-refractivity contribution is -0.137. The van der Waals surface area contributed by atoms with Gasteiger partial charge < -0.3 is 9.67 Å². The maximum absolute atomic E-state index is 13.0. The number of fused-ring (bicyclic) bond motifs is 1. The number of carboxylic acids is 1. The van der Waals surface area contributed by atoms with Crippen LogP contribution in [0.5, 0.6) is 0 Å². The molecule has 0 saturated heterocycles. The summed E-state index contributed by atoms with van der Waals surface area (Å²) in [7, 11) is 0. The Bertz CT molecular complexity index is 821. The Hall–Kier alpha value is -2.62. The Balaban J connectivity index is 1.87. The highest BCUT2D eigenvalue weighted by molar-refractivity contribution is 5.84. The van der Waals surface area contributed by atoms with Crippen LogP contribution in [-0.2, 0) is 17.8 Å². The Morgan fingerprint density at radius 1 is 1.09 bits per heavy atom. The average Bonchev–Trinajstić information content (AvgIpc) is 2.88. The molecule has 0 bridgehead atoms. The van der Waals surface area contributed by atoms with E-state index in [0.29, 0.717) is 13.0 Å². The average molecular weight is 311 g/mol. The number of aryl methyl sites for hydroxylation is 1. The maximum Gasteiger partial charge on any atom is 0.303 e. The van der Waals surface area contributed by atoms with Crippen LogP contribution in [0.3, 0.4) is 0 Å². The lowest BCUT2D eigenvalue weighted by Gasteiger charge is -2.05. The number of carboxylic acid groups (broad SMARTS) is 1. The fourth-order valence-electron chi connectivity index (χ4n) is 2.87. The van der Waals surface area contributed by atoms with Crippen molar-refractivity contribution in [2.75, 3.05) is 0 Å². The highest BCUT2D eigenvalue weighted by atomic mass is 19.1. The minimum atomic E-state index is -0.764. The Morgan fingerprint density at radius 3 is 2.57 bits per heavy atom. The highest BCUT2D eigenvalue weighted by Gasteiger charge is 2.09. The fraction of sp³-hybridized carbons (Fsp3) is 0.211. The molecule has 3 rings (SSSR count). The summed E-state index contributed by atoms with van der Waals surface area (Å²) in [6.07, 6.45) is 3.62. The van der Waals surface area contributed by atoms with Crippen molar-refractivity contribution < 1.29 is 14.3 Å². The van der Waals surface area contributed by atoms with Gasteiger partial charge in [0.15, 0.2) is 0 Å². The second-order valence-electron chi connectivity index (χ2n) is 5.67. The third-order valence-corrected chi connectivity index (χ3v) is 3.97. The number of nitrogens with zero attached hydrogens (tertiary/aromatic N) is 1. The van der Waals surface area contributed by atoms with Crippen molar-refractivity contribution in [3.63, 3.8) is 0 Å². The molecule has 0 aliphatic heterocycles. The van der Waals surface area contributed by atoms with E-state index in [0.717, 1.165) is 28.5 Å². The van der Waals surface area contributed by atoms with E-state index in [-0.39, 0.29) is 12.2 Å². The largest absolute Gasteiger partial charge is 0.481 e. The molecule has 1 N–H and O–H groups in total. The third kappa shape index (κ3) is 3.59. The lowest BCUT2D eigenvalue weighted by Crippen LogP contribution is -1.98. The first-order chi connectivity index (χ1) is 11.1. The van der Waals surface area contributed by atoms with Crippen molar-refractivity contribution in [3.05, 3.63) is 71.7 Å². The van der Waals surface area contributed by atoms with Gasteiger partial charge in [-0.25, -0.2) is 4.39 Å². The zero-order chi connectivity index (χ0) is 16.2. The number of para-hydroxylation sites is 1. The van der Waals surface area contributed by atoms with Crippen LogP contribution in [0, 0.1) is 5.82 Å². The summed E-state index contributed by atoms with van der Waals surface area (Å²) in [5.74, 6) is -1.000. The standard InChI is InChI=1S/C19H18FNO2/c20-16-10-8-14(9-11-16)12-21-13-15(4-3-7-19(22)23)17-5-1-2-6-18(17)21/h1-2,5-6,8-11,13H,3-4,7,12H2,(H,22,23). The molecule has 0 radical (unpaired) electrons. The summed E-state index contributed by atoms with van der Waals surface area (Å²) in [6, 6.07) is 14.6. The highest BCUT2D eigenvalue weighted by Crippen LogP contribution is 2.24. The molecule has 0 fully saturated rings. The molecule has 0 aliphatic rings. The van der Waals surface area contributed by atoms with Crippen LogP contribution >= 0.6 is 0 Å². The summed E-state index contributed by atoms with van der Waals surface area (Å²) >= 11 is 0. The van der Waals surface area contributed by atoms with E-state index in [4.69, 9.17) is 5.11 Å². The van der Waals surface area contributed by atoms with Crippen LogP contribution in [0.25, 0.3) is 10.9 Å². The minimum Gasteiger partial charge on any atom is -0.481 e. The molecule has 3 nitrogen and oxygen atoms in total. The number of aliphatic carboxylic acids is 1. The molecule has 0 unspecified atom stereocenters. The molecule has 4 heteroatoms. The van der Waals surface area contributed by atoms with Crippen LogP contribution in [0.2, 0.25) is 0 Å². The predicted octanol–water partition coefficient (Wildman–Crippen LogP) is 4.24. The SMILES string of the molecule is O=C(O)CCCc1cn(Cc2ccc(F)cc2)c2ccccc12. The van der Waals surface area contributed by atoms with E-state index < -0.39 is 5.97 Å². The smallest absolute Gasteiger partial charge is 0.303 e. The molecule has 1 aromatic heterocycles. The van der Waals surface area contributed by atoms with Gasteiger partial charge in [-0.2, -0.15) is 0 Å². The Morgan fingerprint density at radius 2 is 1.83 bits per heavy atom. The zero-order valence-corrected chi connectivity index (χ0v) is 12.7. The summed E-state index contributed by atoms with van der Waals surface area (Å²) in [5, 5.41) is 9.94. The molecule has 1 heterocycles. The number of benzene rings is 2. The van der Waals surface area contributed by atoms with Crippen LogP contribution in [0.4, 0.5) is 4.39 Å². The van der Waals surface area contributed by atoms with Crippen molar-refractivity contribution in [2.45, 2.75) is 25.8 Å². The van der Waals surface area contributed by atoms with E-state index in [1.54, 1.807) is 12.1 Å². The van der Waals surface area contributed by atoms with Gasteiger partial charge in [0.1, 0.15) is 5.82 Å². The number of halogens is 1. The molecule has 118 valence electrons. The van der Waals surface area contributed by atoms with E-state index in [9.17, 15) is 9.18 Å². The van der Waals surface area contributed by atoms with E-state index in [1.807, 2.05) is 12.1 Å². The van der Waals surface area contributed by atoms with Gasteiger partial charge in [-0.05, 0) is 42.2 Å². The van der Waals surface area contributed by atoms with Crippen LogP contribution in [0.15, 0.2) is 54.7 Å². The minimum absolute atomic E-state index is 0.178. The molecule has 3 aromatic rings. The van der Waals surface area contributed by atoms with E-state index in [2.05, 4.69) is 22.9 Å². The quantitative estimate of drug-likeness (QED) is 0.740. The fourth-order valence-corrected chi connectivity index (χ4v) is 2.87. The number of hydrogen-bond donors (Lipinski definition) is 1.